The number of amides is 1. The molecule has 1 aromatic rings. The molecule has 0 atom stereocenters. The summed E-state index contributed by atoms with van der Waals surface area (Å²) in [5, 5.41) is 0. The molecule has 1 amide bonds. The van der Waals surface area contributed by atoms with Crippen LogP contribution in [0.5, 0.6) is 5.75 Å². The Morgan fingerprint density at radius 3 is 2.95 bits per heavy atom. The number of esters is 1. The van der Waals surface area contributed by atoms with E-state index in [1.165, 1.54) is 4.90 Å². The second-order valence-electron chi connectivity index (χ2n) is 4.13. The van der Waals surface area contributed by atoms with Gasteiger partial charge in [0.05, 0.1) is 6.61 Å². The van der Waals surface area contributed by atoms with Crippen molar-refractivity contribution in [2.45, 2.75) is 13.5 Å². The summed E-state index contributed by atoms with van der Waals surface area (Å²) in [4.78, 5) is 34.5. The highest BCUT2D eigenvalue weighted by Gasteiger charge is 2.20. The Kier molecular flexibility index (Phi) is 4.01. The maximum Gasteiger partial charge on any atom is 0.325 e. The molecule has 0 radical (unpaired) electrons. The third-order valence-corrected chi connectivity index (χ3v) is 2.70. The van der Waals surface area contributed by atoms with Gasteiger partial charge in [-0.2, -0.15) is 4.89 Å². The summed E-state index contributed by atoms with van der Waals surface area (Å²) in [7, 11) is 1.55. The van der Waals surface area contributed by atoms with Crippen LogP contribution in [0.1, 0.15) is 22.8 Å². The number of nitrogens with zero attached hydrogens (tertiary/aromatic N) is 1. The number of hydrogen-bond acceptors (Lipinski definition) is 5. The van der Waals surface area contributed by atoms with E-state index in [0.29, 0.717) is 24.5 Å². The molecule has 0 aromatic heterocycles. The van der Waals surface area contributed by atoms with Gasteiger partial charge in [0.2, 0.25) is 0 Å². The Morgan fingerprint density at radius 2 is 2.21 bits per heavy atom. The highest BCUT2D eigenvalue weighted by molar-refractivity contribution is 5.96. The standard InChI is InChI=1S/C13H15NO5/c1-3-17-12(15)7-14(2)13(16)9-4-5-10-8-18-19-11(10)6-9/h4-6H,3,7-8H2,1-2H3. The first-order valence-electron chi connectivity index (χ1n) is 5.95. The molecule has 1 aliphatic heterocycles. The summed E-state index contributed by atoms with van der Waals surface area (Å²) >= 11 is 0. The molecular formula is C13H15NO5. The quantitative estimate of drug-likeness (QED) is 0.603. The molecule has 19 heavy (non-hydrogen) atoms. The fraction of sp³-hybridized carbons (Fsp3) is 0.385. The van der Waals surface area contributed by atoms with E-state index in [2.05, 4.69) is 0 Å². The van der Waals surface area contributed by atoms with E-state index < -0.39 is 5.97 Å². The summed E-state index contributed by atoms with van der Waals surface area (Å²) < 4.78 is 4.80. The predicted molar refractivity (Wildman–Crippen MR) is 65.5 cm³/mol. The SMILES string of the molecule is CCOC(=O)CN(C)C(=O)c1ccc2c(c1)OOC2. The molecular weight excluding hydrogens is 250 g/mol. The minimum Gasteiger partial charge on any atom is -0.465 e. The van der Waals surface area contributed by atoms with Gasteiger partial charge in [-0.3, -0.25) is 9.59 Å². The molecule has 2 rings (SSSR count). The molecule has 0 N–H and O–H groups in total. The number of carbonyl (C=O) groups is 2. The molecule has 0 aliphatic carbocycles. The Morgan fingerprint density at radius 1 is 1.42 bits per heavy atom. The van der Waals surface area contributed by atoms with Crippen LogP contribution < -0.4 is 4.89 Å². The van der Waals surface area contributed by atoms with Gasteiger partial charge in [-0.25, -0.2) is 0 Å². The smallest absolute Gasteiger partial charge is 0.325 e. The normalized spacial score (nSPS) is 12.5. The van der Waals surface area contributed by atoms with E-state index >= 15 is 0 Å². The van der Waals surface area contributed by atoms with Crippen molar-refractivity contribution in [3.05, 3.63) is 29.3 Å². The van der Waals surface area contributed by atoms with Crippen LogP contribution in [0.2, 0.25) is 0 Å². The van der Waals surface area contributed by atoms with E-state index in [-0.39, 0.29) is 12.5 Å². The van der Waals surface area contributed by atoms with Gasteiger partial charge in [0.15, 0.2) is 5.75 Å². The summed E-state index contributed by atoms with van der Waals surface area (Å²) in [6, 6.07) is 5.06. The lowest BCUT2D eigenvalue weighted by Gasteiger charge is -2.16. The van der Waals surface area contributed by atoms with E-state index in [0.717, 1.165) is 5.56 Å². The molecule has 6 nitrogen and oxygen atoms in total. The largest absolute Gasteiger partial charge is 0.465 e. The third kappa shape index (κ3) is 3.03. The van der Waals surface area contributed by atoms with Gasteiger partial charge in [0, 0.05) is 18.2 Å². The maximum absolute atomic E-state index is 12.1. The fourth-order valence-electron chi connectivity index (χ4n) is 1.73. The average Bonchev–Trinajstić information content (AvgIpc) is 2.85. The highest BCUT2D eigenvalue weighted by Crippen LogP contribution is 2.27. The zero-order chi connectivity index (χ0) is 13.8. The molecule has 0 spiro atoms. The van der Waals surface area contributed by atoms with Crippen LogP contribution in [0.25, 0.3) is 0 Å². The Hall–Kier alpha value is -2.08. The van der Waals surface area contributed by atoms with Gasteiger partial charge >= 0.3 is 5.97 Å². The van der Waals surface area contributed by atoms with Gasteiger partial charge in [0.25, 0.3) is 5.91 Å². The minimum absolute atomic E-state index is 0.0822. The zero-order valence-corrected chi connectivity index (χ0v) is 10.8. The fourth-order valence-corrected chi connectivity index (χ4v) is 1.73. The van der Waals surface area contributed by atoms with Crippen LogP contribution in [0.3, 0.4) is 0 Å². The zero-order valence-electron chi connectivity index (χ0n) is 10.8. The molecule has 0 saturated heterocycles. The van der Waals surface area contributed by atoms with Crippen LogP contribution in [-0.2, 0) is 21.0 Å². The van der Waals surface area contributed by atoms with Crippen molar-refractivity contribution in [1.82, 2.24) is 4.90 Å². The first kappa shape index (κ1) is 13.4. The van der Waals surface area contributed by atoms with Crippen LogP contribution in [0.4, 0.5) is 0 Å². The van der Waals surface area contributed by atoms with Crippen molar-refractivity contribution in [1.29, 1.82) is 0 Å². The predicted octanol–water partition coefficient (Wildman–Crippen LogP) is 1.15. The first-order valence-corrected chi connectivity index (χ1v) is 5.95. The number of hydrogen-bond donors (Lipinski definition) is 0. The molecule has 1 aromatic carbocycles. The van der Waals surface area contributed by atoms with Gasteiger partial charge in [-0.1, -0.05) is 6.07 Å². The Bertz CT molecular complexity index is 500. The number of fused-ring (bicyclic) bond motifs is 1. The second-order valence-corrected chi connectivity index (χ2v) is 4.13. The monoisotopic (exact) mass is 265 g/mol. The summed E-state index contributed by atoms with van der Waals surface area (Å²) in [5.74, 6) is -0.166. The lowest BCUT2D eigenvalue weighted by Crippen LogP contribution is -2.33. The van der Waals surface area contributed by atoms with E-state index in [9.17, 15) is 9.59 Å². The van der Waals surface area contributed by atoms with E-state index in [1.54, 1.807) is 32.2 Å². The second kappa shape index (κ2) is 5.71. The Labute approximate surface area is 110 Å². The lowest BCUT2D eigenvalue weighted by molar-refractivity contribution is -0.194. The molecule has 1 heterocycles. The summed E-state index contributed by atoms with van der Waals surface area (Å²) in [6.07, 6.45) is 0. The molecule has 0 unspecified atom stereocenters. The van der Waals surface area contributed by atoms with Crippen LogP contribution in [0, 0.1) is 0 Å². The van der Waals surface area contributed by atoms with E-state index in [1.807, 2.05) is 0 Å². The third-order valence-electron chi connectivity index (χ3n) is 2.70. The molecule has 102 valence electrons. The van der Waals surface area contributed by atoms with Crippen molar-refractivity contribution in [2.75, 3.05) is 20.2 Å². The topological polar surface area (TPSA) is 65.1 Å². The average molecular weight is 265 g/mol. The lowest BCUT2D eigenvalue weighted by atomic mass is 10.1. The van der Waals surface area contributed by atoms with Crippen molar-refractivity contribution >= 4 is 11.9 Å². The number of benzene rings is 1. The highest BCUT2D eigenvalue weighted by atomic mass is 17.2. The van der Waals surface area contributed by atoms with Gasteiger partial charge < -0.3 is 14.5 Å². The Balaban J connectivity index is 2.05. The molecule has 0 bridgehead atoms. The van der Waals surface area contributed by atoms with E-state index in [4.69, 9.17) is 14.5 Å². The maximum atomic E-state index is 12.1. The van der Waals surface area contributed by atoms with Crippen molar-refractivity contribution in [3.63, 3.8) is 0 Å². The van der Waals surface area contributed by atoms with Gasteiger partial charge in [0.1, 0.15) is 13.2 Å². The first-order chi connectivity index (χ1) is 9.11. The molecule has 0 fully saturated rings. The number of ether oxygens (including phenoxy) is 1. The summed E-state index contributed by atoms with van der Waals surface area (Å²) in [6.45, 7) is 2.31. The van der Waals surface area contributed by atoms with Crippen molar-refractivity contribution in [3.8, 4) is 5.75 Å². The van der Waals surface area contributed by atoms with Crippen molar-refractivity contribution in [2.24, 2.45) is 0 Å². The molecule has 0 saturated carbocycles. The molecule has 6 heteroatoms. The van der Waals surface area contributed by atoms with Crippen molar-refractivity contribution < 1.29 is 24.1 Å². The van der Waals surface area contributed by atoms with Gasteiger partial charge in [-0.05, 0) is 19.1 Å². The van der Waals surface area contributed by atoms with Gasteiger partial charge in [-0.15, -0.1) is 0 Å². The minimum atomic E-state index is -0.431. The van der Waals surface area contributed by atoms with Crippen LogP contribution in [-0.4, -0.2) is 37.0 Å². The number of rotatable bonds is 4. The number of carbonyl (C=O) groups excluding carboxylic acids is 2. The number of likely N-dealkylation sites (N-methyl/N-ethyl adjacent to an activating group) is 1. The summed E-state index contributed by atoms with van der Waals surface area (Å²) in [5.41, 5.74) is 1.33. The van der Waals surface area contributed by atoms with Crippen LogP contribution >= 0.6 is 0 Å². The van der Waals surface area contributed by atoms with Crippen LogP contribution in [0.15, 0.2) is 18.2 Å². The molecule has 1 aliphatic rings.